The molecule has 3 rings (SSSR count). The maximum absolute atomic E-state index is 12.5. The summed E-state index contributed by atoms with van der Waals surface area (Å²) in [7, 11) is 0. The number of aromatic nitrogens is 3. The van der Waals surface area contributed by atoms with Crippen molar-refractivity contribution in [2.24, 2.45) is 0 Å². The van der Waals surface area contributed by atoms with Crippen LogP contribution in [0.5, 0.6) is 0 Å². The van der Waals surface area contributed by atoms with Crippen LogP contribution in [0, 0.1) is 0 Å². The average molecular weight is 328 g/mol. The van der Waals surface area contributed by atoms with Gasteiger partial charge in [-0.15, -0.1) is 0 Å². The van der Waals surface area contributed by atoms with Crippen LogP contribution in [-0.4, -0.2) is 20.4 Å². The molecular weight excluding hydrogens is 310 g/mol. The van der Waals surface area contributed by atoms with Gasteiger partial charge in [0, 0.05) is 11.6 Å². The Labute approximate surface area is 140 Å². The molecule has 0 fully saturated rings. The van der Waals surface area contributed by atoms with Gasteiger partial charge in [0.2, 0.25) is 0 Å². The first-order valence-corrected chi connectivity index (χ1v) is 7.85. The zero-order valence-electron chi connectivity index (χ0n) is 13.4. The average Bonchev–Trinajstić information content (AvgIpc) is 2.95. The maximum Gasteiger partial charge on any atom is 0.168 e. The van der Waals surface area contributed by atoms with Crippen LogP contribution >= 0.6 is 11.6 Å². The molecule has 0 atom stereocenters. The van der Waals surface area contributed by atoms with E-state index in [9.17, 15) is 4.79 Å². The Kier molecular flexibility index (Phi) is 3.94. The van der Waals surface area contributed by atoms with Gasteiger partial charge in [0.05, 0.1) is 18.3 Å². The van der Waals surface area contributed by atoms with Crippen molar-refractivity contribution in [3.05, 3.63) is 64.6 Å². The lowest BCUT2D eigenvalue weighted by molar-refractivity contribution is 0.0992. The summed E-state index contributed by atoms with van der Waals surface area (Å²) in [5, 5.41) is 4.52. The van der Waals surface area contributed by atoms with Gasteiger partial charge >= 0.3 is 0 Å². The summed E-state index contributed by atoms with van der Waals surface area (Å²) in [6, 6.07) is 11.2. The third-order valence-corrected chi connectivity index (χ3v) is 4.05. The zero-order chi connectivity index (χ0) is 16.6. The molecule has 3 aromatic rings. The van der Waals surface area contributed by atoms with E-state index in [4.69, 9.17) is 11.6 Å². The van der Waals surface area contributed by atoms with E-state index in [1.807, 2.05) is 24.3 Å². The molecule has 0 aliphatic carbocycles. The minimum absolute atomic E-state index is 0.0258. The largest absolute Gasteiger partial charge is 0.294 e. The molecule has 0 spiro atoms. The lowest BCUT2D eigenvalue weighted by Gasteiger charge is -2.18. The summed E-state index contributed by atoms with van der Waals surface area (Å²) in [5.74, 6) is 0.0258. The molecule has 0 aliphatic rings. The van der Waals surface area contributed by atoms with Gasteiger partial charge in [-0.05, 0) is 17.0 Å². The van der Waals surface area contributed by atoms with E-state index in [1.54, 1.807) is 18.3 Å². The molecule has 0 saturated carbocycles. The van der Waals surface area contributed by atoms with E-state index >= 15 is 0 Å². The van der Waals surface area contributed by atoms with Crippen LogP contribution in [0.3, 0.4) is 0 Å². The predicted molar refractivity (Wildman–Crippen MR) is 91.2 cm³/mol. The number of Topliss-reactive ketones (excluding diaryl/α,β-unsaturated/α-hetero) is 1. The first kappa shape index (κ1) is 15.7. The van der Waals surface area contributed by atoms with Crippen molar-refractivity contribution in [3.63, 3.8) is 0 Å². The van der Waals surface area contributed by atoms with Crippen molar-refractivity contribution in [2.45, 2.75) is 32.6 Å². The molecule has 0 saturated heterocycles. The Morgan fingerprint density at radius 2 is 1.87 bits per heavy atom. The van der Waals surface area contributed by atoms with E-state index in [0.717, 1.165) is 0 Å². The van der Waals surface area contributed by atoms with Gasteiger partial charge in [0.1, 0.15) is 5.15 Å². The maximum atomic E-state index is 12.5. The fourth-order valence-electron chi connectivity index (χ4n) is 2.44. The number of ketones is 1. The predicted octanol–water partition coefficient (Wildman–Crippen LogP) is 4.11. The van der Waals surface area contributed by atoms with Gasteiger partial charge in [-0.25, -0.2) is 9.50 Å². The second kappa shape index (κ2) is 5.78. The Balaban J connectivity index is 1.82. The number of carbonyl (C=O) groups excluding carboxylic acids is 1. The Bertz CT molecular complexity index is 860. The lowest BCUT2D eigenvalue weighted by atomic mass is 9.86. The van der Waals surface area contributed by atoms with E-state index in [1.165, 1.54) is 10.1 Å². The lowest BCUT2D eigenvalue weighted by Crippen LogP contribution is -2.12. The SMILES string of the molecule is CC(C)(C)c1ccc(C(=O)Cc2cc(Cl)n3nccc3n2)cc1. The van der Waals surface area contributed by atoms with Gasteiger partial charge in [0.25, 0.3) is 0 Å². The highest BCUT2D eigenvalue weighted by atomic mass is 35.5. The Morgan fingerprint density at radius 1 is 1.17 bits per heavy atom. The minimum Gasteiger partial charge on any atom is -0.294 e. The fourth-order valence-corrected chi connectivity index (χ4v) is 2.69. The molecule has 0 bridgehead atoms. The molecule has 0 N–H and O–H groups in total. The molecule has 2 heterocycles. The van der Waals surface area contributed by atoms with Crippen LogP contribution in [0.25, 0.3) is 5.65 Å². The fraction of sp³-hybridized carbons (Fsp3) is 0.278. The molecule has 0 radical (unpaired) electrons. The number of hydrogen-bond acceptors (Lipinski definition) is 3. The van der Waals surface area contributed by atoms with Crippen LogP contribution in [0.2, 0.25) is 5.15 Å². The van der Waals surface area contributed by atoms with Crippen LogP contribution in [0.4, 0.5) is 0 Å². The zero-order valence-corrected chi connectivity index (χ0v) is 14.1. The molecule has 0 aliphatic heterocycles. The number of rotatable bonds is 3. The molecule has 1 aromatic carbocycles. The van der Waals surface area contributed by atoms with Gasteiger partial charge < -0.3 is 0 Å². The summed E-state index contributed by atoms with van der Waals surface area (Å²) in [5.41, 5.74) is 3.25. The second-order valence-electron chi connectivity index (χ2n) is 6.60. The number of fused-ring (bicyclic) bond motifs is 1. The van der Waals surface area contributed by atoms with E-state index < -0.39 is 0 Å². The molecule has 0 amide bonds. The number of nitrogens with zero attached hydrogens (tertiary/aromatic N) is 3. The van der Waals surface area contributed by atoms with Crippen molar-refractivity contribution in [3.8, 4) is 0 Å². The monoisotopic (exact) mass is 327 g/mol. The number of benzene rings is 1. The molecule has 23 heavy (non-hydrogen) atoms. The second-order valence-corrected chi connectivity index (χ2v) is 6.99. The standard InChI is InChI=1S/C18H18ClN3O/c1-18(2,3)13-6-4-12(5-7-13)15(23)10-14-11-16(19)22-17(21-14)8-9-20-22/h4-9,11H,10H2,1-3H3. The van der Waals surface area contributed by atoms with Gasteiger partial charge in [-0.3, -0.25) is 4.79 Å². The molecule has 4 nitrogen and oxygen atoms in total. The smallest absolute Gasteiger partial charge is 0.168 e. The quantitative estimate of drug-likeness (QED) is 0.537. The third-order valence-electron chi connectivity index (χ3n) is 3.78. The summed E-state index contributed by atoms with van der Waals surface area (Å²) in [4.78, 5) is 16.9. The Morgan fingerprint density at radius 3 is 2.52 bits per heavy atom. The number of hydrogen-bond donors (Lipinski definition) is 0. The van der Waals surface area contributed by atoms with Crippen LogP contribution in [0.1, 0.15) is 42.4 Å². The van der Waals surface area contributed by atoms with E-state index in [0.29, 0.717) is 22.1 Å². The summed E-state index contributed by atoms with van der Waals surface area (Å²) >= 11 is 6.15. The molecule has 2 aromatic heterocycles. The van der Waals surface area contributed by atoms with Crippen molar-refractivity contribution < 1.29 is 4.79 Å². The summed E-state index contributed by atoms with van der Waals surface area (Å²) < 4.78 is 1.54. The first-order valence-electron chi connectivity index (χ1n) is 7.47. The molecular formula is C18H18ClN3O. The highest BCUT2D eigenvalue weighted by Crippen LogP contribution is 2.22. The Hall–Kier alpha value is -2.20. The normalized spacial score (nSPS) is 11.8. The van der Waals surface area contributed by atoms with Crippen molar-refractivity contribution in [1.29, 1.82) is 0 Å². The van der Waals surface area contributed by atoms with Gasteiger partial charge in [0.15, 0.2) is 11.4 Å². The molecule has 5 heteroatoms. The van der Waals surface area contributed by atoms with Crippen molar-refractivity contribution >= 4 is 23.0 Å². The third kappa shape index (κ3) is 3.27. The van der Waals surface area contributed by atoms with Crippen LogP contribution in [-0.2, 0) is 11.8 Å². The van der Waals surface area contributed by atoms with Crippen LogP contribution < -0.4 is 0 Å². The highest BCUT2D eigenvalue weighted by Gasteiger charge is 2.15. The van der Waals surface area contributed by atoms with E-state index in [2.05, 4.69) is 30.9 Å². The van der Waals surface area contributed by atoms with E-state index in [-0.39, 0.29) is 17.6 Å². The highest BCUT2D eigenvalue weighted by molar-refractivity contribution is 6.29. The molecule has 118 valence electrons. The summed E-state index contributed by atoms with van der Waals surface area (Å²) in [6.45, 7) is 6.45. The van der Waals surface area contributed by atoms with Crippen molar-refractivity contribution in [1.82, 2.24) is 14.6 Å². The van der Waals surface area contributed by atoms with Gasteiger partial charge in [-0.2, -0.15) is 5.10 Å². The minimum atomic E-state index is 0.0258. The summed E-state index contributed by atoms with van der Waals surface area (Å²) in [6.07, 6.45) is 1.85. The number of carbonyl (C=O) groups is 1. The van der Waals surface area contributed by atoms with Crippen molar-refractivity contribution in [2.75, 3.05) is 0 Å². The van der Waals surface area contributed by atoms with Crippen LogP contribution in [0.15, 0.2) is 42.6 Å². The molecule has 0 unspecified atom stereocenters. The number of halogens is 1. The first-order chi connectivity index (χ1) is 10.8. The topological polar surface area (TPSA) is 47.3 Å². The van der Waals surface area contributed by atoms with Gasteiger partial charge in [-0.1, -0.05) is 56.6 Å².